The second-order valence-corrected chi connectivity index (χ2v) is 6.58. The molecule has 1 saturated heterocycles. The molecule has 26 heavy (non-hydrogen) atoms. The van der Waals surface area contributed by atoms with Crippen LogP contribution >= 0.6 is 0 Å². The van der Waals surface area contributed by atoms with E-state index in [1.807, 2.05) is 4.90 Å². The average molecular weight is 352 g/mol. The molecule has 6 heteroatoms. The SMILES string of the molecule is CCC1CCCCN1C(=O)c1ccnc(Nc2ccc(C(C)=O)cc2)n1. The van der Waals surface area contributed by atoms with Crippen LogP contribution in [-0.4, -0.2) is 39.1 Å². The lowest BCUT2D eigenvalue weighted by atomic mass is 9.99. The van der Waals surface area contributed by atoms with Gasteiger partial charge in [0.25, 0.3) is 5.91 Å². The minimum Gasteiger partial charge on any atom is -0.334 e. The maximum Gasteiger partial charge on any atom is 0.272 e. The Morgan fingerprint density at radius 1 is 1.19 bits per heavy atom. The van der Waals surface area contributed by atoms with Crippen LogP contribution in [0.2, 0.25) is 0 Å². The van der Waals surface area contributed by atoms with Gasteiger partial charge in [-0.15, -0.1) is 0 Å². The fourth-order valence-electron chi connectivity index (χ4n) is 3.29. The van der Waals surface area contributed by atoms with Crippen LogP contribution in [0.3, 0.4) is 0 Å². The van der Waals surface area contributed by atoms with E-state index in [2.05, 4.69) is 22.2 Å². The van der Waals surface area contributed by atoms with E-state index in [0.717, 1.165) is 31.5 Å². The number of amides is 1. The molecule has 3 rings (SSSR count). The molecule has 2 aromatic rings. The summed E-state index contributed by atoms with van der Waals surface area (Å²) in [6.07, 6.45) is 5.83. The lowest BCUT2D eigenvalue weighted by Gasteiger charge is -2.35. The van der Waals surface area contributed by atoms with Crippen molar-refractivity contribution in [2.45, 2.75) is 45.6 Å². The maximum absolute atomic E-state index is 12.9. The van der Waals surface area contributed by atoms with Crippen molar-refractivity contribution in [2.75, 3.05) is 11.9 Å². The number of rotatable bonds is 5. The normalized spacial score (nSPS) is 17.0. The van der Waals surface area contributed by atoms with E-state index in [0.29, 0.717) is 23.2 Å². The van der Waals surface area contributed by atoms with Crippen LogP contribution in [0.1, 0.15) is 60.4 Å². The minimum atomic E-state index is -0.0334. The van der Waals surface area contributed by atoms with E-state index < -0.39 is 0 Å². The van der Waals surface area contributed by atoms with Gasteiger partial charge in [0.2, 0.25) is 5.95 Å². The fourth-order valence-corrected chi connectivity index (χ4v) is 3.29. The van der Waals surface area contributed by atoms with Gasteiger partial charge in [0.15, 0.2) is 5.78 Å². The van der Waals surface area contributed by atoms with Crippen LogP contribution in [0.15, 0.2) is 36.5 Å². The molecule has 0 bridgehead atoms. The Morgan fingerprint density at radius 2 is 1.96 bits per heavy atom. The van der Waals surface area contributed by atoms with E-state index >= 15 is 0 Å². The fraction of sp³-hybridized carbons (Fsp3) is 0.400. The number of carbonyl (C=O) groups excluding carboxylic acids is 2. The van der Waals surface area contributed by atoms with Crippen LogP contribution in [0, 0.1) is 0 Å². The number of likely N-dealkylation sites (tertiary alicyclic amines) is 1. The molecule has 2 heterocycles. The van der Waals surface area contributed by atoms with Crippen LogP contribution < -0.4 is 5.32 Å². The molecule has 1 atom stereocenters. The van der Waals surface area contributed by atoms with Crippen LogP contribution in [0.25, 0.3) is 0 Å². The molecule has 1 aliphatic heterocycles. The van der Waals surface area contributed by atoms with Crippen molar-refractivity contribution < 1.29 is 9.59 Å². The second kappa shape index (κ2) is 8.08. The molecule has 1 aromatic heterocycles. The summed E-state index contributed by atoms with van der Waals surface area (Å²) in [7, 11) is 0. The van der Waals surface area contributed by atoms with Crippen LogP contribution in [-0.2, 0) is 0 Å². The van der Waals surface area contributed by atoms with Gasteiger partial charge in [-0.05, 0) is 62.9 Å². The summed E-state index contributed by atoms with van der Waals surface area (Å²) in [6.45, 7) is 4.44. The first-order valence-corrected chi connectivity index (χ1v) is 9.10. The quantitative estimate of drug-likeness (QED) is 0.828. The van der Waals surface area contributed by atoms with Crippen molar-refractivity contribution in [3.8, 4) is 0 Å². The third-order valence-electron chi connectivity index (χ3n) is 4.78. The van der Waals surface area contributed by atoms with Gasteiger partial charge in [0, 0.05) is 30.0 Å². The number of piperidine rings is 1. The van der Waals surface area contributed by atoms with E-state index in [1.165, 1.54) is 13.3 Å². The minimum absolute atomic E-state index is 0.0207. The van der Waals surface area contributed by atoms with Crippen LogP contribution in [0.5, 0.6) is 0 Å². The number of Topliss-reactive ketones (excluding diaryl/α,β-unsaturated/α-hetero) is 1. The highest BCUT2D eigenvalue weighted by Gasteiger charge is 2.27. The molecule has 1 aromatic carbocycles. The van der Waals surface area contributed by atoms with Crippen molar-refractivity contribution in [3.05, 3.63) is 47.8 Å². The second-order valence-electron chi connectivity index (χ2n) is 6.58. The van der Waals surface area contributed by atoms with E-state index in [1.54, 1.807) is 36.5 Å². The largest absolute Gasteiger partial charge is 0.334 e. The molecule has 1 fully saturated rings. The van der Waals surface area contributed by atoms with Gasteiger partial charge < -0.3 is 10.2 Å². The first-order valence-electron chi connectivity index (χ1n) is 9.10. The van der Waals surface area contributed by atoms with Gasteiger partial charge in [-0.3, -0.25) is 9.59 Å². The molecule has 1 aliphatic rings. The lowest BCUT2D eigenvalue weighted by Crippen LogP contribution is -2.43. The van der Waals surface area contributed by atoms with Crippen molar-refractivity contribution in [3.63, 3.8) is 0 Å². The Bertz CT molecular complexity index is 789. The predicted molar refractivity (Wildman–Crippen MR) is 101 cm³/mol. The summed E-state index contributed by atoms with van der Waals surface area (Å²) < 4.78 is 0. The number of nitrogens with one attached hydrogen (secondary N) is 1. The van der Waals surface area contributed by atoms with Crippen molar-refractivity contribution in [1.82, 2.24) is 14.9 Å². The zero-order valence-electron chi connectivity index (χ0n) is 15.2. The number of benzene rings is 1. The Labute approximate surface area is 153 Å². The number of aromatic nitrogens is 2. The number of hydrogen-bond acceptors (Lipinski definition) is 5. The highest BCUT2D eigenvalue weighted by atomic mass is 16.2. The molecular formula is C20H24N4O2. The standard InChI is InChI=1S/C20H24N4O2/c1-3-17-6-4-5-13-24(17)19(26)18-11-12-21-20(23-18)22-16-9-7-15(8-10-16)14(2)25/h7-12,17H,3-6,13H2,1-2H3,(H,21,22,23). The number of ketones is 1. The Hall–Kier alpha value is -2.76. The molecule has 136 valence electrons. The number of nitrogens with zero attached hydrogens (tertiary/aromatic N) is 3. The Kier molecular flexibility index (Phi) is 5.61. The van der Waals surface area contributed by atoms with E-state index in [4.69, 9.17) is 0 Å². The summed E-state index contributed by atoms with van der Waals surface area (Å²) in [4.78, 5) is 34.7. The van der Waals surface area contributed by atoms with Gasteiger partial charge in [0.05, 0.1) is 0 Å². The van der Waals surface area contributed by atoms with Gasteiger partial charge in [0.1, 0.15) is 5.69 Å². The molecule has 0 saturated carbocycles. The molecular weight excluding hydrogens is 328 g/mol. The highest BCUT2D eigenvalue weighted by Crippen LogP contribution is 2.22. The average Bonchev–Trinajstić information content (AvgIpc) is 2.68. The Balaban J connectivity index is 1.75. The first kappa shape index (κ1) is 18.0. The topological polar surface area (TPSA) is 75.2 Å². The lowest BCUT2D eigenvalue weighted by molar-refractivity contribution is 0.0602. The van der Waals surface area contributed by atoms with Crippen LogP contribution in [0.4, 0.5) is 11.6 Å². The number of hydrogen-bond donors (Lipinski definition) is 1. The predicted octanol–water partition coefficient (Wildman–Crippen LogP) is 3.83. The molecule has 0 spiro atoms. The van der Waals surface area contributed by atoms with Gasteiger partial charge >= 0.3 is 0 Å². The smallest absolute Gasteiger partial charge is 0.272 e. The monoisotopic (exact) mass is 352 g/mol. The van der Waals surface area contributed by atoms with E-state index in [-0.39, 0.29) is 11.7 Å². The third-order valence-corrected chi connectivity index (χ3v) is 4.78. The molecule has 1 unspecified atom stereocenters. The molecule has 0 aliphatic carbocycles. The van der Waals surface area contributed by atoms with E-state index in [9.17, 15) is 9.59 Å². The van der Waals surface area contributed by atoms with Crippen molar-refractivity contribution in [2.24, 2.45) is 0 Å². The molecule has 0 radical (unpaired) electrons. The number of carbonyl (C=O) groups is 2. The van der Waals surface area contributed by atoms with Crippen molar-refractivity contribution >= 4 is 23.3 Å². The zero-order valence-corrected chi connectivity index (χ0v) is 15.2. The summed E-state index contributed by atoms with van der Waals surface area (Å²) >= 11 is 0. The summed E-state index contributed by atoms with van der Waals surface area (Å²) in [5.74, 6) is 0.359. The van der Waals surface area contributed by atoms with Gasteiger partial charge in [-0.1, -0.05) is 6.92 Å². The number of anilines is 2. The van der Waals surface area contributed by atoms with Gasteiger partial charge in [-0.2, -0.15) is 0 Å². The third kappa shape index (κ3) is 4.07. The summed E-state index contributed by atoms with van der Waals surface area (Å²) in [6, 6.07) is 9.05. The maximum atomic E-state index is 12.9. The molecule has 1 N–H and O–H groups in total. The zero-order chi connectivity index (χ0) is 18.5. The van der Waals surface area contributed by atoms with Gasteiger partial charge in [-0.25, -0.2) is 9.97 Å². The summed E-state index contributed by atoms with van der Waals surface area (Å²) in [5, 5.41) is 3.09. The highest BCUT2D eigenvalue weighted by molar-refractivity contribution is 5.94. The Morgan fingerprint density at radius 3 is 2.65 bits per heavy atom. The molecule has 6 nitrogen and oxygen atoms in total. The molecule has 1 amide bonds. The summed E-state index contributed by atoms with van der Waals surface area (Å²) in [5.41, 5.74) is 1.82. The first-order chi connectivity index (χ1) is 12.6. The van der Waals surface area contributed by atoms with Crippen molar-refractivity contribution in [1.29, 1.82) is 0 Å².